The number of nitrogens with zero attached hydrogens (tertiary/aromatic N) is 2. The third-order valence-corrected chi connectivity index (χ3v) is 4.23. The fourth-order valence-electron chi connectivity index (χ4n) is 2.73. The van der Waals surface area contributed by atoms with E-state index in [2.05, 4.69) is 4.98 Å². The maximum Gasteiger partial charge on any atom is 0.276 e. The topological polar surface area (TPSA) is 107 Å². The van der Waals surface area contributed by atoms with Crippen molar-refractivity contribution in [2.45, 2.75) is 0 Å². The molecule has 1 heterocycles. The molecule has 0 aliphatic heterocycles. The van der Waals surface area contributed by atoms with Gasteiger partial charge in [-0.2, -0.15) is 0 Å². The Kier molecular flexibility index (Phi) is 5.21. The van der Waals surface area contributed by atoms with Gasteiger partial charge in [-0.15, -0.1) is 0 Å². The van der Waals surface area contributed by atoms with Crippen LogP contribution in [-0.2, 0) is 7.05 Å². The average Bonchev–Trinajstić information content (AvgIpc) is 2.70. The van der Waals surface area contributed by atoms with Gasteiger partial charge >= 0.3 is 0 Å². The normalized spacial score (nSPS) is 12.2. The number of hydrogen-bond donors (Lipinski definition) is 1. The third kappa shape index (κ3) is 3.75. The van der Waals surface area contributed by atoms with E-state index >= 15 is 0 Å². The predicted octanol–water partition coefficient (Wildman–Crippen LogP) is 0.648. The van der Waals surface area contributed by atoms with Gasteiger partial charge in [0.05, 0.1) is 17.6 Å². The van der Waals surface area contributed by atoms with Gasteiger partial charge in [-0.3, -0.25) is 19.7 Å². The van der Waals surface area contributed by atoms with Crippen LogP contribution in [0.4, 0.5) is 5.69 Å². The first-order chi connectivity index (χ1) is 13.4. The summed E-state index contributed by atoms with van der Waals surface area (Å²) in [5.74, 6) is 0.675. The van der Waals surface area contributed by atoms with Crippen LogP contribution in [0.15, 0.2) is 58.1 Å². The largest absolute Gasteiger partial charge is 0.497 e. The molecule has 0 bridgehead atoms. The Hall–Kier alpha value is -3.94. The summed E-state index contributed by atoms with van der Waals surface area (Å²) >= 11 is 0. The van der Waals surface area contributed by atoms with E-state index in [0.29, 0.717) is 5.75 Å². The Balaban J connectivity index is 2.19. The highest BCUT2D eigenvalue weighted by Crippen LogP contribution is 2.17. The van der Waals surface area contributed by atoms with Crippen LogP contribution in [0.1, 0.15) is 11.1 Å². The molecule has 0 unspecified atom stereocenters. The molecule has 0 amide bonds. The molecule has 3 rings (SSSR count). The van der Waals surface area contributed by atoms with Crippen molar-refractivity contribution in [1.82, 2.24) is 9.55 Å². The zero-order valence-corrected chi connectivity index (χ0v) is 15.2. The van der Waals surface area contributed by atoms with E-state index in [-0.39, 0.29) is 21.9 Å². The van der Waals surface area contributed by atoms with Gasteiger partial charge in [-0.05, 0) is 35.9 Å². The number of benzene rings is 2. The second-order valence-electron chi connectivity index (χ2n) is 5.99. The molecule has 8 nitrogen and oxygen atoms in total. The van der Waals surface area contributed by atoms with Crippen LogP contribution in [0.2, 0.25) is 0 Å². The molecule has 28 heavy (non-hydrogen) atoms. The minimum atomic E-state index is -0.541. The average molecular weight is 379 g/mol. The van der Waals surface area contributed by atoms with E-state index < -0.39 is 16.0 Å². The zero-order chi connectivity index (χ0) is 20.3. The van der Waals surface area contributed by atoms with Crippen LogP contribution in [0.5, 0.6) is 5.75 Å². The van der Waals surface area contributed by atoms with E-state index in [9.17, 15) is 19.7 Å². The van der Waals surface area contributed by atoms with Crippen molar-refractivity contribution in [3.05, 3.63) is 101 Å². The second-order valence-corrected chi connectivity index (χ2v) is 5.99. The highest BCUT2D eigenvalue weighted by Gasteiger charge is 2.11. The van der Waals surface area contributed by atoms with Crippen LogP contribution in [-0.4, -0.2) is 21.6 Å². The van der Waals surface area contributed by atoms with E-state index in [1.807, 2.05) is 0 Å². The predicted molar refractivity (Wildman–Crippen MR) is 105 cm³/mol. The summed E-state index contributed by atoms with van der Waals surface area (Å²) in [4.78, 5) is 38.3. The Bertz CT molecular complexity index is 1270. The Labute approximate surface area is 158 Å². The quantitative estimate of drug-likeness (QED) is 0.529. The molecule has 8 heteroatoms. The summed E-state index contributed by atoms with van der Waals surface area (Å²) < 4.78 is 6.31. The number of ether oxygens (including phenoxy) is 1. The SMILES string of the molecule is COc1ccc(/C=c2/c(=O)[nH]/c(=C\c3ccccc3[N+](=O)[O-])c(=O)n2C)cc1. The number of nitro groups is 1. The summed E-state index contributed by atoms with van der Waals surface area (Å²) in [5, 5.41) is 11.3. The van der Waals surface area contributed by atoms with Gasteiger partial charge in [0.1, 0.15) is 16.4 Å². The fraction of sp³-hybridized carbons (Fsp3) is 0.100. The van der Waals surface area contributed by atoms with Crippen LogP contribution in [0.3, 0.4) is 0 Å². The molecule has 1 N–H and O–H groups in total. The molecule has 0 aliphatic carbocycles. The minimum Gasteiger partial charge on any atom is -0.497 e. The highest BCUT2D eigenvalue weighted by atomic mass is 16.6. The van der Waals surface area contributed by atoms with E-state index in [0.717, 1.165) is 5.56 Å². The van der Waals surface area contributed by atoms with E-state index in [4.69, 9.17) is 4.74 Å². The number of H-pyrrole nitrogens is 1. The Morgan fingerprint density at radius 2 is 1.75 bits per heavy atom. The first-order valence-electron chi connectivity index (χ1n) is 8.31. The number of nitro benzene ring substituents is 1. The standard InChI is InChI=1S/C20H17N3O5/c1-22-18(11-13-7-9-15(28-2)10-8-13)19(24)21-16(20(22)25)12-14-5-3-4-6-17(14)23(26)27/h3-12H,1-2H3,(H,21,24)/b16-12-,18-11-. The molecule has 142 valence electrons. The first kappa shape index (κ1) is 18.8. The zero-order valence-electron chi connectivity index (χ0n) is 15.2. The molecule has 0 saturated heterocycles. The number of aromatic amines is 1. The summed E-state index contributed by atoms with van der Waals surface area (Å²) in [5.41, 5.74) is -0.164. The smallest absolute Gasteiger partial charge is 0.276 e. The second kappa shape index (κ2) is 7.75. The van der Waals surface area contributed by atoms with Crippen LogP contribution >= 0.6 is 0 Å². The van der Waals surface area contributed by atoms with Crippen LogP contribution in [0, 0.1) is 10.1 Å². The van der Waals surface area contributed by atoms with E-state index in [1.54, 1.807) is 43.5 Å². The van der Waals surface area contributed by atoms with Crippen molar-refractivity contribution in [2.75, 3.05) is 7.11 Å². The highest BCUT2D eigenvalue weighted by molar-refractivity contribution is 5.59. The number of nitrogens with one attached hydrogen (secondary N) is 1. The molecule has 0 radical (unpaired) electrons. The van der Waals surface area contributed by atoms with Gasteiger partial charge < -0.3 is 14.3 Å². The molecular formula is C20H17N3O5. The number of methoxy groups -OCH3 is 1. The van der Waals surface area contributed by atoms with Gasteiger partial charge in [0.2, 0.25) is 0 Å². The van der Waals surface area contributed by atoms with Crippen molar-refractivity contribution in [1.29, 1.82) is 0 Å². The molecule has 0 saturated carbocycles. The molecule has 0 fully saturated rings. The van der Waals surface area contributed by atoms with Crippen molar-refractivity contribution in [3.8, 4) is 5.75 Å². The minimum absolute atomic E-state index is 0.0336. The lowest BCUT2D eigenvalue weighted by Crippen LogP contribution is -2.52. The third-order valence-electron chi connectivity index (χ3n) is 4.23. The molecule has 1 aromatic heterocycles. The van der Waals surface area contributed by atoms with Crippen molar-refractivity contribution in [3.63, 3.8) is 0 Å². The lowest BCUT2D eigenvalue weighted by Gasteiger charge is -2.02. The number of aromatic nitrogens is 2. The summed E-state index contributed by atoms with van der Waals surface area (Å²) in [7, 11) is 3.03. The van der Waals surface area contributed by atoms with Gasteiger partial charge in [-0.1, -0.05) is 24.3 Å². The van der Waals surface area contributed by atoms with Crippen molar-refractivity contribution >= 4 is 17.8 Å². The lowest BCUT2D eigenvalue weighted by molar-refractivity contribution is -0.385. The summed E-state index contributed by atoms with van der Waals surface area (Å²) in [6.45, 7) is 0. The summed E-state index contributed by atoms with van der Waals surface area (Å²) in [6.07, 6.45) is 2.88. The molecule has 3 aromatic rings. The van der Waals surface area contributed by atoms with Gasteiger partial charge in [0.15, 0.2) is 0 Å². The maximum absolute atomic E-state index is 12.7. The fourth-order valence-corrected chi connectivity index (χ4v) is 2.73. The first-order valence-corrected chi connectivity index (χ1v) is 8.31. The Morgan fingerprint density at radius 1 is 1.07 bits per heavy atom. The molecule has 0 spiro atoms. The summed E-state index contributed by atoms with van der Waals surface area (Å²) in [6, 6.07) is 13.0. The lowest BCUT2D eigenvalue weighted by atomic mass is 10.1. The van der Waals surface area contributed by atoms with Crippen molar-refractivity contribution < 1.29 is 9.66 Å². The van der Waals surface area contributed by atoms with Crippen LogP contribution in [0.25, 0.3) is 12.2 Å². The van der Waals surface area contributed by atoms with Crippen molar-refractivity contribution in [2.24, 2.45) is 7.05 Å². The Morgan fingerprint density at radius 3 is 2.39 bits per heavy atom. The van der Waals surface area contributed by atoms with Gasteiger partial charge in [0.25, 0.3) is 16.8 Å². The van der Waals surface area contributed by atoms with Gasteiger partial charge in [0, 0.05) is 13.1 Å². The number of hydrogen-bond acceptors (Lipinski definition) is 5. The molecule has 0 aliphatic rings. The molecule has 2 aromatic carbocycles. The number of para-hydroxylation sites is 1. The van der Waals surface area contributed by atoms with Crippen LogP contribution < -0.4 is 26.6 Å². The molecule has 0 atom stereocenters. The molecular weight excluding hydrogens is 362 g/mol. The maximum atomic E-state index is 12.7. The van der Waals surface area contributed by atoms with E-state index in [1.165, 1.54) is 35.9 Å². The number of rotatable bonds is 4. The monoisotopic (exact) mass is 379 g/mol. The van der Waals surface area contributed by atoms with Gasteiger partial charge in [-0.25, -0.2) is 0 Å².